The molecule has 2 amide bonds. The largest absolute Gasteiger partial charge is 0.496 e. The molecule has 162 valence electrons. The topological polar surface area (TPSA) is 115 Å². The highest BCUT2D eigenvalue weighted by Crippen LogP contribution is 2.29. The summed E-state index contributed by atoms with van der Waals surface area (Å²) < 4.78 is 15.7. The van der Waals surface area contributed by atoms with Crippen LogP contribution in [0.3, 0.4) is 0 Å². The summed E-state index contributed by atoms with van der Waals surface area (Å²) in [6.07, 6.45) is 0.0916. The third kappa shape index (κ3) is 6.38. The molecule has 0 saturated carbocycles. The Morgan fingerprint density at radius 3 is 2.76 bits per heavy atom. The first-order valence-corrected chi connectivity index (χ1v) is 9.87. The van der Waals surface area contributed by atoms with Crippen LogP contribution in [0.1, 0.15) is 23.7 Å². The van der Waals surface area contributed by atoms with E-state index in [1.54, 1.807) is 14.0 Å². The molecule has 0 radical (unpaired) electrons. The van der Waals surface area contributed by atoms with E-state index in [1.807, 2.05) is 0 Å². The first-order valence-electron chi connectivity index (χ1n) is 9.49. The standard InChI is InChI=1S/C19H29ClN4O5/c1-4-29-19(26)22-6-8-24-7-5-15(17(11-24)28-3)23-18(25)12-9-13(20)14(21)10-16(12)27-2/h9-10,15,17H,4-8,11,21H2,1-3H3,(H,22,26)(H,23,25)/t15-,17+/m0/s1. The first-order chi connectivity index (χ1) is 13.9. The lowest BCUT2D eigenvalue weighted by Gasteiger charge is -2.38. The molecule has 1 aliphatic rings. The normalized spacial score (nSPS) is 19.4. The SMILES string of the molecule is CCOC(=O)NCCN1CC[C@H](NC(=O)c2cc(Cl)c(N)cc2OC)[C@H](OC)C1. The van der Waals surface area contributed by atoms with Gasteiger partial charge in [-0.1, -0.05) is 11.6 Å². The smallest absolute Gasteiger partial charge is 0.407 e. The predicted octanol–water partition coefficient (Wildman–Crippen LogP) is 1.50. The van der Waals surface area contributed by atoms with Crippen molar-refractivity contribution in [2.24, 2.45) is 0 Å². The fourth-order valence-corrected chi connectivity index (χ4v) is 3.41. The van der Waals surface area contributed by atoms with Crippen molar-refractivity contribution < 1.29 is 23.8 Å². The Bertz CT molecular complexity index is 718. The van der Waals surface area contributed by atoms with Gasteiger partial charge >= 0.3 is 6.09 Å². The van der Waals surface area contributed by atoms with Crippen LogP contribution in [0.5, 0.6) is 5.75 Å². The first kappa shape index (κ1) is 23.1. The highest BCUT2D eigenvalue weighted by Gasteiger charge is 2.31. The number of piperidine rings is 1. The molecule has 4 N–H and O–H groups in total. The average molecular weight is 429 g/mol. The van der Waals surface area contributed by atoms with Crippen LogP contribution < -0.4 is 21.1 Å². The van der Waals surface area contributed by atoms with Crippen LogP contribution in [-0.2, 0) is 9.47 Å². The van der Waals surface area contributed by atoms with E-state index in [0.717, 1.165) is 6.54 Å². The maximum absolute atomic E-state index is 12.8. The number of ether oxygens (including phenoxy) is 3. The van der Waals surface area contributed by atoms with Crippen molar-refractivity contribution in [3.05, 3.63) is 22.7 Å². The minimum absolute atomic E-state index is 0.164. The van der Waals surface area contributed by atoms with Crippen molar-refractivity contribution >= 4 is 29.3 Å². The number of hydrogen-bond donors (Lipinski definition) is 3. The van der Waals surface area contributed by atoms with Crippen LogP contribution in [0.15, 0.2) is 12.1 Å². The van der Waals surface area contributed by atoms with Crippen molar-refractivity contribution in [3.8, 4) is 5.75 Å². The number of likely N-dealkylation sites (tertiary alicyclic amines) is 1. The molecule has 0 aliphatic carbocycles. The molecule has 1 aromatic carbocycles. The molecule has 2 rings (SSSR count). The molecule has 10 heteroatoms. The fraction of sp³-hybridized carbons (Fsp3) is 0.579. The number of hydrogen-bond acceptors (Lipinski definition) is 7. The van der Waals surface area contributed by atoms with E-state index < -0.39 is 6.09 Å². The van der Waals surface area contributed by atoms with Gasteiger partial charge in [-0.15, -0.1) is 0 Å². The number of carbonyl (C=O) groups excluding carboxylic acids is 2. The Kier molecular flexibility index (Phi) is 8.81. The second-order valence-corrected chi connectivity index (χ2v) is 7.07. The summed E-state index contributed by atoms with van der Waals surface area (Å²) in [5.74, 6) is 0.0640. The molecular weight excluding hydrogens is 400 g/mol. The maximum atomic E-state index is 12.8. The molecule has 9 nitrogen and oxygen atoms in total. The molecule has 2 atom stereocenters. The number of halogens is 1. The summed E-state index contributed by atoms with van der Waals surface area (Å²) in [7, 11) is 3.09. The number of nitrogens with zero attached hydrogens (tertiary/aromatic N) is 1. The van der Waals surface area contributed by atoms with Gasteiger partial charge in [0, 0.05) is 39.4 Å². The van der Waals surface area contributed by atoms with Crippen molar-refractivity contribution in [2.75, 3.05) is 52.7 Å². The zero-order valence-electron chi connectivity index (χ0n) is 17.0. The highest BCUT2D eigenvalue weighted by molar-refractivity contribution is 6.33. The molecule has 0 aromatic heterocycles. The van der Waals surface area contributed by atoms with Gasteiger partial charge in [0.05, 0.1) is 42.1 Å². The van der Waals surface area contributed by atoms with Crippen LogP contribution in [0.25, 0.3) is 0 Å². The minimum atomic E-state index is -0.422. The van der Waals surface area contributed by atoms with Crippen molar-refractivity contribution in [3.63, 3.8) is 0 Å². The Hall–Kier alpha value is -2.23. The van der Waals surface area contributed by atoms with Crippen LogP contribution in [0.2, 0.25) is 5.02 Å². The fourth-order valence-electron chi connectivity index (χ4n) is 3.25. The van der Waals surface area contributed by atoms with Crippen LogP contribution in [0.4, 0.5) is 10.5 Å². The number of carbonyl (C=O) groups is 2. The van der Waals surface area contributed by atoms with E-state index in [-0.39, 0.29) is 18.1 Å². The summed E-state index contributed by atoms with van der Waals surface area (Å²) >= 11 is 6.06. The lowest BCUT2D eigenvalue weighted by Crippen LogP contribution is -2.55. The highest BCUT2D eigenvalue weighted by atomic mass is 35.5. The molecule has 1 aromatic rings. The average Bonchev–Trinajstić information content (AvgIpc) is 2.70. The molecular formula is C19H29ClN4O5. The van der Waals surface area contributed by atoms with E-state index in [1.165, 1.54) is 19.2 Å². The number of nitrogens with two attached hydrogens (primary N) is 1. The molecule has 1 fully saturated rings. The van der Waals surface area contributed by atoms with Gasteiger partial charge in [0.2, 0.25) is 0 Å². The zero-order chi connectivity index (χ0) is 21.4. The predicted molar refractivity (Wildman–Crippen MR) is 111 cm³/mol. The number of rotatable bonds is 8. The number of amides is 2. The van der Waals surface area contributed by atoms with Gasteiger partial charge in [-0.2, -0.15) is 0 Å². The number of nitrogens with one attached hydrogen (secondary N) is 2. The third-order valence-corrected chi connectivity index (χ3v) is 5.13. The monoisotopic (exact) mass is 428 g/mol. The van der Waals surface area contributed by atoms with Crippen LogP contribution in [-0.4, -0.2) is 76.1 Å². The Morgan fingerprint density at radius 2 is 2.10 bits per heavy atom. The summed E-state index contributed by atoms with van der Waals surface area (Å²) in [5, 5.41) is 6.01. The summed E-state index contributed by atoms with van der Waals surface area (Å²) in [6.45, 7) is 4.64. The van der Waals surface area contributed by atoms with Crippen LogP contribution >= 0.6 is 11.6 Å². The van der Waals surface area contributed by atoms with Crippen molar-refractivity contribution in [2.45, 2.75) is 25.5 Å². The summed E-state index contributed by atoms with van der Waals surface area (Å²) in [6, 6.07) is 2.87. The molecule has 0 unspecified atom stereocenters. The van der Waals surface area contributed by atoms with Gasteiger partial charge in [0.15, 0.2) is 0 Å². The van der Waals surface area contributed by atoms with Gasteiger partial charge in [-0.25, -0.2) is 4.79 Å². The number of benzene rings is 1. The number of alkyl carbamates (subject to hydrolysis) is 1. The second kappa shape index (κ2) is 11.1. The van der Waals surface area contributed by atoms with Gasteiger partial charge in [-0.3, -0.25) is 9.69 Å². The Morgan fingerprint density at radius 1 is 1.34 bits per heavy atom. The molecule has 0 spiro atoms. The second-order valence-electron chi connectivity index (χ2n) is 6.66. The van der Waals surface area contributed by atoms with Crippen molar-refractivity contribution in [1.29, 1.82) is 0 Å². The van der Waals surface area contributed by atoms with E-state index in [2.05, 4.69) is 15.5 Å². The molecule has 0 bridgehead atoms. The molecule has 29 heavy (non-hydrogen) atoms. The maximum Gasteiger partial charge on any atom is 0.407 e. The third-order valence-electron chi connectivity index (χ3n) is 4.80. The van der Waals surface area contributed by atoms with Crippen molar-refractivity contribution in [1.82, 2.24) is 15.5 Å². The molecule has 1 saturated heterocycles. The van der Waals surface area contributed by atoms with E-state index in [0.29, 0.717) is 54.7 Å². The quantitative estimate of drug-likeness (QED) is 0.537. The van der Waals surface area contributed by atoms with Gasteiger partial charge in [0.1, 0.15) is 5.75 Å². The van der Waals surface area contributed by atoms with Gasteiger partial charge < -0.3 is 30.6 Å². The number of methoxy groups -OCH3 is 2. The van der Waals surface area contributed by atoms with E-state index >= 15 is 0 Å². The summed E-state index contributed by atoms with van der Waals surface area (Å²) in [5.41, 5.74) is 6.45. The van der Waals surface area contributed by atoms with E-state index in [4.69, 9.17) is 31.5 Å². The molecule has 1 aliphatic heterocycles. The number of nitrogen functional groups attached to an aromatic ring is 1. The van der Waals surface area contributed by atoms with Crippen LogP contribution in [0, 0.1) is 0 Å². The van der Waals surface area contributed by atoms with E-state index in [9.17, 15) is 9.59 Å². The van der Waals surface area contributed by atoms with Gasteiger partial charge in [0.25, 0.3) is 5.91 Å². The number of anilines is 1. The zero-order valence-corrected chi connectivity index (χ0v) is 17.8. The molecule has 1 heterocycles. The summed E-state index contributed by atoms with van der Waals surface area (Å²) in [4.78, 5) is 26.3. The van der Waals surface area contributed by atoms with Gasteiger partial charge in [-0.05, 0) is 19.4 Å². The lowest BCUT2D eigenvalue weighted by atomic mass is 10.0. The Balaban J connectivity index is 1.93. The Labute approximate surface area is 175 Å². The lowest BCUT2D eigenvalue weighted by molar-refractivity contribution is 0.00676. The minimum Gasteiger partial charge on any atom is -0.496 e.